The van der Waals surface area contributed by atoms with Crippen LogP contribution < -0.4 is 4.90 Å². The zero-order chi connectivity index (χ0) is 24.8. The second-order valence-electron chi connectivity index (χ2n) is 11.7. The lowest BCUT2D eigenvalue weighted by Gasteiger charge is -2.45. The van der Waals surface area contributed by atoms with Crippen LogP contribution in [0, 0.1) is 29.1 Å². The summed E-state index contributed by atoms with van der Waals surface area (Å²) in [6, 6.07) is 30.5. The number of alkyl halides is 1. The average Bonchev–Trinajstić information content (AvgIpc) is 3.50. The van der Waals surface area contributed by atoms with Gasteiger partial charge in [-0.2, -0.15) is 0 Å². The molecule has 0 aliphatic heterocycles. The molecule has 0 radical (unpaired) electrons. The molecule has 5 aliphatic carbocycles. The lowest BCUT2D eigenvalue weighted by molar-refractivity contribution is -0.110. The summed E-state index contributed by atoms with van der Waals surface area (Å²) in [5.41, 5.74) is 4.54. The van der Waals surface area contributed by atoms with Gasteiger partial charge in [0.15, 0.2) is 5.78 Å². The fourth-order valence-electron chi connectivity index (χ4n) is 9.94. The van der Waals surface area contributed by atoms with E-state index in [1.54, 1.807) is 0 Å². The number of fused-ring (bicyclic) bond motifs is 2. The van der Waals surface area contributed by atoms with Gasteiger partial charge in [0.1, 0.15) is 0 Å². The number of carbonyl (C=O) groups excluding carboxylic acids is 1. The Morgan fingerprint density at radius 1 is 0.622 bits per heavy atom. The van der Waals surface area contributed by atoms with Gasteiger partial charge in [0.05, 0.1) is 4.87 Å². The summed E-state index contributed by atoms with van der Waals surface area (Å²) in [4.78, 5) is 14.4. The third kappa shape index (κ3) is 2.46. The maximum absolute atomic E-state index is 12.3. The molecule has 2 bridgehead atoms. The standard InChI is InChI=1S/C34H30ClNO/c35-34-30-17-18-31(34)29-16-15-28(30)33(29,32(34)21-19-27(37)20-22-32)23-11-13-26(14-12-23)36(24-7-3-1-4-8-24)25-9-5-2-6-10-25/h1-14,19-22,28-31H,15-18H2/t28-,29+,30+,31-,33?,34?. The van der Waals surface area contributed by atoms with Crippen LogP contribution in [0.2, 0.25) is 0 Å². The first kappa shape index (κ1) is 21.9. The number of allylic oxidation sites excluding steroid dienone is 4. The third-order valence-corrected chi connectivity index (χ3v) is 11.6. The molecule has 184 valence electrons. The van der Waals surface area contributed by atoms with E-state index in [9.17, 15) is 4.79 Å². The van der Waals surface area contributed by atoms with Crippen molar-refractivity contribution in [1.82, 2.24) is 0 Å². The number of anilines is 3. The van der Waals surface area contributed by atoms with Gasteiger partial charge in [0, 0.05) is 27.9 Å². The maximum Gasteiger partial charge on any atom is 0.178 e. The van der Waals surface area contributed by atoms with Gasteiger partial charge in [-0.1, -0.05) is 60.7 Å². The molecule has 0 N–H and O–H groups in total. The molecular formula is C34H30ClNO. The van der Waals surface area contributed by atoms with E-state index < -0.39 is 0 Å². The van der Waals surface area contributed by atoms with Crippen molar-refractivity contribution in [2.75, 3.05) is 4.90 Å². The predicted octanol–water partition coefficient (Wildman–Crippen LogP) is 8.13. The number of hydrogen-bond acceptors (Lipinski definition) is 2. The molecule has 0 aromatic heterocycles. The summed E-state index contributed by atoms with van der Waals surface area (Å²) in [6.45, 7) is 0. The largest absolute Gasteiger partial charge is 0.311 e. The molecule has 6 atom stereocenters. The molecule has 37 heavy (non-hydrogen) atoms. The Bertz CT molecular complexity index is 1360. The highest BCUT2D eigenvalue weighted by Gasteiger charge is 2.87. The molecule has 3 aromatic rings. The molecule has 5 aliphatic rings. The van der Waals surface area contributed by atoms with Gasteiger partial charge in [-0.15, -0.1) is 11.6 Å². The van der Waals surface area contributed by atoms with Crippen molar-refractivity contribution in [3.8, 4) is 0 Å². The fraction of sp³-hybridized carbons (Fsp3) is 0.324. The van der Waals surface area contributed by atoms with Crippen molar-refractivity contribution in [2.24, 2.45) is 29.1 Å². The second-order valence-corrected chi connectivity index (χ2v) is 12.3. The molecule has 1 spiro atoms. The number of ketones is 1. The van der Waals surface area contributed by atoms with Gasteiger partial charge in [0.25, 0.3) is 0 Å². The Hall–Kier alpha value is -3.10. The Labute approximate surface area is 223 Å². The van der Waals surface area contributed by atoms with Gasteiger partial charge in [-0.05, 0) is 103 Å². The van der Waals surface area contributed by atoms with Crippen LogP contribution >= 0.6 is 11.6 Å². The fourth-order valence-corrected chi connectivity index (χ4v) is 10.7. The Balaban J connectivity index is 1.29. The highest BCUT2D eigenvalue weighted by atomic mass is 35.5. The molecule has 3 heteroatoms. The Morgan fingerprint density at radius 2 is 1.08 bits per heavy atom. The van der Waals surface area contributed by atoms with Crippen LogP contribution in [0.4, 0.5) is 17.1 Å². The first-order chi connectivity index (χ1) is 18.1. The molecule has 0 saturated heterocycles. The quantitative estimate of drug-likeness (QED) is 0.335. The average molecular weight is 504 g/mol. The smallest absolute Gasteiger partial charge is 0.178 e. The molecule has 2 unspecified atom stereocenters. The minimum atomic E-state index is -0.285. The lowest BCUT2D eigenvalue weighted by Crippen LogP contribution is -2.45. The van der Waals surface area contributed by atoms with Crippen LogP contribution in [-0.2, 0) is 10.2 Å². The minimum Gasteiger partial charge on any atom is -0.311 e. The maximum atomic E-state index is 12.3. The van der Waals surface area contributed by atoms with E-state index in [1.165, 1.54) is 31.2 Å². The number of benzene rings is 3. The van der Waals surface area contributed by atoms with Crippen molar-refractivity contribution < 1.29 is 4.79 Å². The molecule has 2 nitrogen and oxygen atoms in total. The summed E-state index contributed by atoms with van der Waals surface area (Å²) >= 11 is 7.83. The van der Waals surface area contributed by atoms with Crippen molar-refractivity contribution >= 4 is 34.4 Å². The highest BCUT2D eigenvalue weighted by molar-refractivity contribution is 6.27. The predicted molar refractivity (Wildman–Crippen MR) is 150 cm³/mol. The molecule has 0 amide bonds. The summed E-state index contributed by atoms with van der Waals surface area (Å²) in [7, 11) is 0. The number of halogens is 1. The normalized spacial score (nSPS) is 35.5. The monoisotopic (exact) mass is 503 g/mol. The molecule has 8 rings (SSSR count). The van der Waals surface area contributed by atoms with Crippen LogP contribution in [0.25, 0.3) is 0 Å². The molecular weight excluding hydrogens is 474 g/mol. The number of nitrogens with zero attached hydrogens (tertiary/aromatic N) is 1. The van der Waals surface area contributed by atoms with Gasteiger partial charge in [0.2, 0.25) is 0 Å². The van der Waals surface area contributed by atoms with Gasteiger partial charge >= 0.3 is 0 Å². The molecule has 4 fully saturated rings. The first-order valence-electron chi connectivity index (χ1n) is 13.7. The van der Waals surface area contributed by atoms with E-state index in [0.717, 1.165) is 17.1 Å². The SMILES string of the molecule is O=C1C=CC2(C=C1)C1(Cl)[C@@H]3CC[C@H]1[C@H]1CC[C@@H]3C12c1ccc(N(c2ccccc2)c2ccccc2)cc1. The number of hydrogen-bond donors (Lipinski definition) is 0. The van der Waals surface area contributed by atoms with E-state index in [4.69, 9.17) is 11.6 Å². The second kappa shape index (κ2) is 7.48. The number of para-hydroxylation sites is 2. The van der Waals surface area contributed by atoms with Crippen LogP contribution in [0.15, 0.2) is 109 Å². The first-order valence-corrected chi connectivity index (χ1v) is 14.1. The lowest BCUT2D eigenvalue weighted by atomic mass is 9.57. The van der Waals surface area contributed by atoms with E-state index in [-0.39, 0.29) is 21.5 Å². The van der Waals surface area contributed by atoms with E-state index in [0.29, 0.717) is 23.7 Å². The van der Waals surface area contributed by atoms with E-state index in [2.05, 4.69) is 102 Å². The summed E-state index contributed by atoms with van der Waals surface area (Å²) in [6.07, 6.45) is 13.0. The van der Waals surface area contributed by atoms with Crippen molar-refractivity contribution in [1.29, 1.82) is 0 Å². The summed E-state index contributed by atoms with van der Waals surface area (Å²) in [5, 5.41) is 0. The van der Waals surface area contributed by atoms with Crippen molar-refractivity contribution in [2.45, 2.75) is 36.0 Å². The number of rotatable bonds is 4. The van der Waals surface area contributed by atoms with Crippen molar-refractivity contribution in [3.63, 3.8) is 0 Å². The molecule has 0 heterocycles. The number of carbonyl (C=O) groups is 1. The van der Waals surface area contributed by atoms with Crippen LogP contribution in [0.5, 0.6) is 0 Å². The van der Waals surface area contributed by atoms with E-state index in [1.807, 2.05) is 12.2 Å². The third-order valence-electron chi connectivity index (χ3n) is 10.8. The zero-order valence-electron chi connectivity index (χ0n) is 20.8. The zero-order valence-corrected chi connectivity index (χ0v) is 21.5. The van der Waals surface area contributed by atoms with Crippen LogP contribution in [0.3, 0.4) is 0 Å². The Morgan fingerprint density at radius 3 is 1.59 bits per heavy atom. The van der Waals surface area contributed by atoms with Gasteiger partial charge in [-0.3, -0.25) is 4.79 Å². The van der Waals surface area contributed by atoms with Gasteiger partial charge < -0.3 is 4.90 Å². The molecule has 4 saturated carbocycles. The summed E-state index contributed by atoms with van der Waals surface area (Å²) in [5.74, 6) is 2.27. The van der Waals surface area contributed by atoms with Gasteiger partial charge in [-0.25, -0.2) is 0 Å². The Kier molecular flexibility index (Phi) is 4.43. The van der Waals surface area contributed by atoms with Crippen LogP contribution in [0.1, 0.15) is 31.2 Å². The van der Waals surface area contributed by atoms with Crippen molar-refractivity contribution in [3.05, 3.63) is 115 Å². The van der Waals surface area contributed by atoms with E-state index >= 15 is 0 Å². The summed E-state index contributed by atoms with van der Waals surface area (Å²) < 4.78 is 0. The topological polar surface area (TPSA) is 20.3 Å². The highest BCUT2D eigenvalue weighted by Crippen LogP contribution is 2.87. The minimum absolute atomic E-state index is 0.0306. The van der Waals surface area contributed by atoms with Crippen LogP contribution in [-0.4, -0.2) is 10.7 Å². The molecule has 3 aromatic carbocycles.